The monoisotopic (exact) mass is 143 g/mol. The molecule has 0 aliphatic heterocycles. The summed E-state index contributed by atoms with van der Waals surface area (Å²) in [7, 11) is 0. The molecule has 0 aromatic rings. The van der Waals surface area contributed by atoms with Gasteiger partial charge in [0.2, 0.25) is 0 Å². The van der Waals surface area contributed by atoms with E-state index in [1.807, 2.05) is 13.8 Å². The Bertz CT molecular complexity index is 120. The molecule has 1 nitrogen and oxygen atoms in total. The van der Waals surface area contributed by atoms with Crippen LogP contribution in [0.3, 0.4) is 0 Å². The van der Waals surface area contributed by atoms with Gasteiger partial charge in [0.25, 0.3) is 0 Å². The summed E-state index contributed by atoms with van der Waals surface area (Å²) in [5.74, 6) is -0.417. The van der Waals surface area contributed by atoms with Gasteiger partial charge in [0, 0.05) is 0 Å². The summed E-state index contributed by atoms with van der Waals surface area (Å²) in [4.78, 5) is 3.34. The fraction of sp³-hybridized carbons (Fsp3) is 0.375. The van der Waals surface area contributed by atoms with Crippen LogP contribution in [0.2, 0.25) is 0 Å². The van der Waals surface area contributed by atoms with Gasteiger partial charge in [0.15, 0.2) is 0 Å². The highest BCUT2D eigenvalue weighted by atomic mass is 19.1. The second-order valence-corrected chi connectivity index (χ2v) is 1.30. The highest BCUT2D eigenvalue weighted by Gasteiger charge is 1.89. The van der Waals surface area contributed by atoms with E-state index < -0.39 is 5.83 Å². The van der Waals surface area contributed by atoms with Crippen LogP contribution in [0.1, 0.15) is 20.8 Å². The molecule has 58 valence electrons. The molecule has 0 spiro atoms. The van der Waals surface area contributed by atoms with Gasteiger partial charge in [-0.05, 0) is 19.7 Å². The fourth-order valence-corrected chi connectivity index (χ4v) is 0.223. The van der Waals surface area contributed by atoms with E-state index >= 15 is 0 Å². The van der Waals surface area contributed by atoms with Crippen molar-refractivity contribution in [2.45, 2.75) is 20.8 Å². The molecule has 0 aromatic carbocycles. The molecule has 0 N–H and O–H groups in total. The van der Waals surface area contributed by atoms with E-state index in [1.54, 1.807) is 0 Å². The van der Waals surface area contributed by atoms with Crippen LogP contribution >= 0.6 is 0 Å². The lowest BCUT2D eigenvalue weighted by Gasteiger charge is -1.87. The maximum absolute atomic E-state index is 12.2. The molecule has 0 bridgehead atoms. The van der Waals surface area contributed by atoms with E-state index in [9.17, 15) is 4.39 Å². The van der Waals surface area contributed by atoms with E-state index in [0.29, 0.717) is 0 Å². The summed E-state index contributed by atoms with van der Waals surface area (Å²) in [6.07, 6.45) is 1.10. The van der Waals surface area contributed by atoms with Crippen molar-refractivity contribution in [1.29, 1.82) is 0 Å². The lowest BCUT2D eigenvalue weighted by Crippen LogP contribution is -1.70. The summed E-state index contributed by atoms with van der Waals surface area (Å²) < 4.78 is 12.2. The van der Waals surface area contributed by atoms with E-state index in [4.69, 9.17) is 0 Å². The first-order valence-electron chi connectivity index (χ1n) is 3.18. The zero-order valence-corrected chi connectivity index (χ0v) is 6.82. The average Bonchev–Trinajstić information content (AvgIpc) is 2.05. The largest absolute Gasteiger partial charge is 0.266 e. The average molecular weight is 143 g/mol. The topological polar surface area (TPSA) is 12.4 Å². The first-order valence-corrected chi connectivity index (χ1v) is 3.18. The van der Waals surface area contributed by atoms with E-state index in [0.717, 1.165) is 6.08 Å². The van der Waals surface area contributed by atoms with Gasteiger partial charge in [-0.2, -0.15) is 0 Å². The Morgan fingerprint density at radius 1 is 1.50 bits per heavy atom. The van der Waals surface area contributed by atoms with Crippen LogP contribution in [0.4, 0.5) is 4.39 Å². The van der Waals surface area contributed by atoms with Crippen LogP contribution in [0.5, 0.6) is 0 Å². The molecule has 0 atom stereocenters. The molecule has 2 heteroatoms. The third-order valence-electron chi connectivity index (χ3n) is 0.762. The summed E-state index contributed by atoms with van der Waals surface area (Å²) in [6, 6.07) is 0. The van der Waals surface area contributed by atoms with Crippen molar-refractivity contribution in [3.63, 3.8) is 0 Å². The van der Waals surface area contributed by atoms with Crippen molar-refractivity contribution in [3.8, 4) is 0 Å². The van der Waals surface area contributed by atoms with E-state index in [1.165, 1.54) is 6.92 Å². The number of hydrogen-bond acceptors (Lipinski definition) is 1. The summed E-state index contributed by atoms with van der Waals surface area (Å²) in [5, 5.41) is 0. The van der Waals surface area contributed by atoms with Gasteiger partial charge in [-0.25, -0.2) is 4.39 Å². The lowest BCUT2D eigenvalue weighted by atomic mass is 10.4. The molecular weight excluding hydrogens is 129 g/mol. The van der Waals surface area contributed by atoms with E-state index in [-0.39, 0.29) is 5.70 Å². The van der Waals surface area contributed by atoms with Crippen molar-refractivity contribution in [2.24, 2.45) is 4.99 Å². The smallest absolute Gasteiger partial charge is 0.143 e. The molecule has 0 aromatic heterocycles. The Morgan fingerprint density at radius 3 is 2.00 bits per heavy atom. The SMILES string of the molecule is C=C/C(F)=C(/C)N=C.CC. The minimum absolute atomic E-state index is 0.278. The number of rotatable bonds is 2. The number of halogens is 1. The molecule has 0 radical (unpaired) electrons. The number of allylic oxidation sites excluding steroid dienone is 3. The van der Waals surface area contributed by atoms with E-state index in [2.05, 4.69) is 18.3 Å². The molecule has 0 saturated carbocycles. The fourth-order valence-electron chi connectivity index (χ4n) is 0.223. The molecular formula is C8H14FN. The molecule has 0 heterocycles. The van der Waals surface area contributed by atoms with Gasteiger partial charge in [0.05, 0.1) is 5.70 Å². The third-order valence-corrected chi connectivity index (χ3v) is 0.762. The van der Waals surface area contributed by atoms with Crippen molar-refractivity contribution < 1.29 is 4.39 Å². The molecule has 0 aliphatic carbocycles. The molecule has 0 fully saturated rings. The molecule has 0 amide bonds. The molecule has 0 aliphatic rings. The maximum Gasteiger partial charge on any atom is 0.143 e. The Labute approximate surface area is 62.0 Å². The second-order valence-electron chi connectivity index (χ2n) is 1.30. The van der Waals surface area contributed by atoms with Gasteiger partial charge in [0.1, 0.15) is 5.83 Å². The van der Waals surface area contributed by atoms with Crippen LogP contribution in [-0.4, -0.2) is 6.72 Å². The van der Waals surface area contributed by atoms with Crippen LogP contribution in [0.25, 0.3) is 0 Å². The minimum Gasteiger partial charge on any atom is -0.266 e. The van der Waals surface area contributed by atoms with Crippen molar-refractivity contribution in [2.75, 3.05) is 0 Å². The van der Waals surface area contributed by atoms with Crippen molar-refractivity contribution in [3.05, 3.63) is 24.2 Å². The van der Waals surface area contributed by atoms with Gasteiger partial charge in [-0.15, -0.1) is 0 Å². The molecule has 0 saturated heterocycles. The number of aliphatic imine (C=N–C) groups is 1. The zero-order valence-electron chi connectivity index (χ0n) is 6.82. The lowest BCUT2D eigenvalue weighted by molar-refractivity contribution is 0.653. The Balaban J connectivity index is 0. The van der Waals surface area contributed by atoms with Gasteiger partial charge in [-0.3, -0.25) is 4.99 Å². The highest BCUT2D eigenvalue weighted by Crippen LogP contribution is 2.05. The quantitative estimate of drug-likeness (QED) is 0.416. The van der Waals surface area contributed by atoms with Crippen LogP contribution in [-0.2, 0) is 0 Å². The molecule has 10 heavy (non-hydrogen) atoms. The maximum atomic E-state index is 12.2. The molecule has 0 rings (SSSR count). The Morgan fingerprint density at radius 2 is 1.90 bits per heavy atom. The first-order chi connectivity index (χ1) is 4.72. The minimum atomic E-state index is -0.417. The second kappa shape index (κ2) is 8.08. The molecule has 0 unspecified atom stereocenters. The Kier molecular flexibility index (Phi) is 9.56. The highest BCUT2D eigenvalue weighted by molar-refractivity contribution is 5.30. The predicted octanol–water partition coefficient (Wildman–Crippen LogP) is 3.10. The van der Waals surface area contributed by atoms with Crippen LogP contribution in [0.15, 0.2) is 29.2 Å². The van der Waals surface area contributed by atoms with Gasteiger partial charge >= 0.3 is 0 Å². The number of hydrogen-bond donors (Lipinski definition) is 0. The predicted molar refractivity (Wildman–Crippen MR) is 44.9 cm³/mol. The standard InChI is InChI=1S/C6H8FN.C2H6/c1-4-6(7)5(2)8-3;1-2/h4H,1,3H2,2H3;1-2H3/b6-5+;. The first kappa shape index (κ1) is 11.8. The number of nitrogens with zero attached hydrogens (tertiary/aromatic N) is 1. The summed E-state index contributed by atoms with van der Waals surface area (Å²) >= 11 is 0. The van der Waals surface area contributed by atoms with Crippen molar-refractivity contribution >= 4 is 6.72 Å². The van der Waals surface area contributed by atoms with Crippen LogP contribution < -0.4 is 0 Å². The normalized spacial score (nSPS) is 10.4. The summed E-state index contributed by atoms with van der Waals surface area (Å²) in [5.41, 5.74) is 0.278. The van der Waals surface area contributed by atoms with Crippen molar-refractivity contribution in [1.82, 2.24) is 0 Å². The van der Waals surface area contributed by atoms with Gasteiger partial charge < -0.3 is 0 Å². The third kappa shape index (κ3) is 5.22. The zero-order chi connectivity index (χ0) is 8.57. The van der Waals surface area contributed by atoms with Gasteiger partial charge in [-0.1, -0.05) is 20.4 Å². The summed E-state index contributed by atoms with van der Waals surface area (Å²) in [6.45, 7) is 11.9. The Hall–Kier alpha value is -0.920. The van der Waals surface area contributed by atoms with Crippen LogP contribution in [0, 0.1) is 0 Å².